The van der Waals surface area contributed by atoms with Crippen LogP contribution in [0.1, 0.15) is 22.7 Å². The minimum Gasteiger partial charge on any atom is -0.493 e. The summed E-state index contributed by atoms with van der Waals surface area (Å²) in [6.45, 7) is 0.324. The molecule has 0 bridgehead atoms. The van der Waals surface area contributed by atoms with Gasteiger partial charge >= 0.3 is 12.1 Å². The fraction of sp³-hybridized carbons (Fsp3) is 0.200. The van der Waals surface area contributed by atoms with Gasteiger partial charge in [0.25, 0.3) is 0 Å². The molecule has 0 radical (unpaired) electrons. The Labute approximate surface area is 210 Å². The number of nitrogens with zero attached hydrogens (tertiary/aromatic N) is 2. The van der Waals surface area contributed by atoms with Crippen LogP contribution in [0.5, 0.6) is 11.5 Å². The van der Waals surface area contributed by atoms with Crippen molar-refractivity contribution < 1.29 is 37.3 Å². The van der Waals surface area contributed by atoms with Crippen molar-refractivity contribution in [2.45, 2.75) is 18.8 Å². The molecule has 3 aromatic rings. The van der Waals surface area contributed by atoms with Crippen LogP contribution in [0.15, 0.2) is 66.9 Å². The van der Waals surface area contributed by atoms with Crippen molar-refractivity contribution in [2.75, 3.05) is 19.5 Å². The zero-order valence-corrected chi connectivity index (χ0v) is 19.7. The summed E-state index contributed by atoms with van der Waals surface area (Å²) < 4.78 is 42.3. The van der Waals surface area contributed by atoms with Crippen LogP contribution in [0.3, 0.4) is 0 Å². The molecule has 3 N–H and O–H groups in total. The van der Waals surface area contributed by atoms with Crippen LogP contribution in [0.25, 0.3) is 0 Å². The van der Waals surface area contributed by atoms with E-state index in [2.05, 4.69) is 15.6 Å². The van der Waals surface area contributed by atoms with Crippen LogP contribution in [-0.4, -0.2) is 42.4 Å². The predicted octanol–water partition coefficient (Wildman–Crippen LogP) is 4.07. The Morgan fingerprint density at radius 1 is 1.05 bits per heavy atom. The number of rotatable bonds is 8. The van der Waals surface area contributed by atoms with Gasteiger partial charge in [-0.2, -0.15) is 18.4 Å². The third-order valence-corrected chi connectivity index (χ3v) is 4.74. The Morgan fingerprint density at radius 3 is 2.22 bits per heavy atom. The summed E-state index contributed by atoms with van der Waals surface area (Å²) in [5, 5.41) is 22.2. The number of amides is 1. The summed E-state index contributed by atoms with van der Waals surface area (Å²) in [5.74, 6) is -1.23. The van der Waals surface area contributed by atoms with Gasteiger partial charge in [0.15, 0.2) is 11.5 Å². The number of anilines is 1. The number of halogens is 3. The van der Waals surface area contributed by atoms with Crippen LogP contribution in [0.4, 0.5) is 19.0 Å². The highest BCUT2D eigenvalue weighted by molar-refractivity contribution is 5.85. The standard InChI is InChI=1S/C23H22N4O3.C2HF3O2/c1-29-19-10-8-16(12-20(19)30-2)14-26-23(28)22(18-6-4-3-5-7-18)27-21-11-9-17(13-24)15-25-21;3-2(4,5)1(6)7/h3-12,15,22H,14H2,1-2H3,(H,25,27)(H,26,28);(H,6,7). The third-order valence-electron chi connectivity index (χ3n) is 4.74. The van der Waals surface area contributed by atoms with Crippen molar-refractivity contribution in [3.05, 3.63) is 83.6 Å². The van der Waals surface area contributed by atoms with E-state index in [9.17, 15) is 18.0 Å². The van der Waals surface area contributed by atoms with Crippen molar-refractivity contribution in [3.8, 4) is 17.6 Å². The minimum atomic E-state index is -5.08. The van der Waals surface area contributed by atoms with Gasteiger partial charge in [-0.3, -0.25) is 4.79 Å². The number of benzene rings is 2. The van der Waals surface area contributed by atoms with Gasteiger partial charge in [-0.05, 0) is 35.4 Å². The lowest BCUT2D eigenvalue weighted by atomic mass is 10.1. The van der Waals surface area contributed by atoms with Gasteiger partial charge in [0.1, 0.15) is 17.9 Å². The van der Waals surface area contributed by atoms with E-state index in [4.69, 9.17) is 24.6 Å². The van der Waals surface area contributed by atoms with Crippen molar-refractivity contribution in [2.24, 2.45) is 0 Å². The van der Waals surface area contributed by atoms with Gasteiger partial charge in [0.2, 0.25) is 5.91 Å². The molecular formula is C25H23F3N4O5. The van der Waals surface area contributed by atoms with E-state index in [0.717, 1.165) is 11.1 Å². The van der Waals surface area contributed by atoms with Crippen LogP contribution in [0, 0.1) is 11.3 Å². The maximum atomic E-state index is 13.0. The number of pyridine rings is 1. The monoisotopic (exact) mass is 516 g/mol. The first-order valence-electron chi connectivity index (χ1n) is 10.6. The molecule has 1 unspecified atom stereocenters. The predicted molar refractivity (Wildman–Crippen MR) is 127 cm³/mol. The Kier molecular flexibility index (Phi) is 10.3. The molecule has 0 aliphatic rings. The van der Waals surface area contributed by atoms with E-state index in [1.54, 1.807) is 32.4 Å². The molecule has 37 heavy (non-hydrogen) atoms. The second-order valence-electron chi connectivity index (χ2n) is 7.24. The lowest BCUT2D eigenvalue weighted by Crippen LogP contribution is -2.33. The number of aromatic nitrogens is 1. The molecule has 2 aromatic carbocycles. The molecule has 1 aromatic heterocycles. The number of hydrogen-bond donors (Lipinski definition) is 3. The molecule has 9 nitrogen and oxygen atoms in total. The first-order chi connectivity index (χ1) is 17.6. The molecule has 0 spiro atoms. The number of ether oxygens (including phenoxy) is 2. The number of carbonyl (C=O) groups is 2. The second-order valence-corrected chi connectivity index (χ2v) is 7.24. The molecule has 1 atom stereocenters. The SMILES string of the molecule is COc1ccc(CNC(=O)C(Nc2ccc(C#N)cn2)c2ccccc2)cc1OC.O=C(O)C(F)(F)F. The normalized spacial score (nSPS) is 11.1. The second kappa shape index (κ2) is 13.3. The number of carboxylic acid groups (broad SMARTS) is 1. The number of alkyl halides is 3. The topological polar surface area (TPSA) is 134 Å². The Morgan fingerprint density at radius 2 is 1.70 bits per heavy atom. The van der Waals surface area contributed by atoms with Crippen molar-refractivity contribution >= 4 is 17.7 Å². The Balaban J connectivity index is 0.000000604. The highest BCUT2D eigenvalue weighted by Crippen LogP contribution is 2.27. The molecule has 0 fully saturated rings. The van der Waals surface area contributed by atoms with Gasteiger partial charge in [0, 0.05) is 12.7 Å². The molecule has 0 saturated heterocycles. The molecular weight excluding hydrogens is 493 g/mol. The summed E-state index contributed by atoms with van der Waals surface area (Å²) in [6, 6.07) is 19.6. The summed E-state index contributed by atoms with van der Waals surface area (Å²) >= 11 is 0. The van der Waals surface area contributed by atoms with E-state index in [-0.39, 0.29) is 5.91 Å². The highest BCUT2D eigenvalue weighted by atomic mass is 19.4. The van der Waals surface area contributed by atoms with Crippen LogP contribution in [-0.2, 0) is 16.1 Å². The lowest BCUT2D eigenvalue weighted by Gasteiger charge is -2.20. The van der Waals surface area contributed by atoms with E-state index in [0.29, 0.717) is 29.4 Å². The molecule has 1 amide bonds. The maximum absolute atomic E-state index is 13.0. The zero-order valence-electron chi connectivity index (χ0n) is 19.7. The fourth-order valence-corrected chi connectivity index (χ4v) is 2.92. The average molecular weight is 516 g/mol. The van der Waals surface area contributed by atoms with Crippen molar-refractivity contribution in [1.29, 1.82) is 5.26 Å². The Bertz CT molecular complexity index is 1230. The van der Waals surface area contributed by atoms with Crippen LogP contribution < -0.4 is 20.1 Å². The van der Waals surface area contributed by atoms with Gasteiger partial charge in [-0.1, -0.05) is 36.4 Å². The number of nitriles is 1. The number of hydrogen-bond acceptors (Lipinski definition) is 7. The average Bonchev–Trinajstić information content (AvgIpc) is 2.90. The van der Waals surface area contributed by atoms with Crippen LogP contribution >= 0.6 is 0 Å². The first kappa shape index (κ1) is 28.4. The van der Waals surface area contributed by atoms with Crippen LogP contribution in [0.2, 0.25) is 0 Å². The quantitative estimate of drug-likeness (QED) is 0.408. The summed E-state index contributed by atoms with van der Waals surface area (Å²) in [4.78, 5) is 26.1. The molecule has 0 aliphatic heterocycles. The van der Waals surface area contributed by atoms with Crippen molar-refractivity contribution in [3.63, 3.8) is 0 Å². The first-order valence-corrected chi connectivity index (χ1v) is 10.6. The lowest BCUT2D eigenvalue weighted by molar-refractivity contribution is -0.192. The molecule has 3 rings (SSSR count). The summed E-state index contributed by atoms with van der Waals surface area (Å²) in [7, 11) is 3.15. The Hall–Kier alpha value is -4.79. The molecule has 0 aliphatic carbocycles. The van der Waals surface area contributed by atoms with Gasteiger partial charge in [0.05, 0.1) is 19.8 Å². The van der Waals surface area contributed by atoms with Gasteiger partial charge in [-0.25, -0.2) is 9.78 Å². The van der Waals surface area contributed by atoms with E-state index < -0.39 is 18.2 Å². The number of nitrogens with one attached hydrogen (secondary N) is 2. The van der Waals surface area contributed by atoms with E-state index >= 15 is 0 Å². The number of carboxylic acids is 1. The highest BCUT2D eigenvalue weighted by Gasteiger charge is 2.38. The fourth-order valence-electron chi connectivity index (χ4n) is 2.92. The van der Waals surface area contributed by atoms with Crippen molar-refractivity contribution in [1.82, 2.24) is 10.3 Å². The van der Waals surface area contributed by atoms with E-state index in [1.165, 1.54) is 6.20 Å². The smallest absolute Gasteiger partial charge is 0.490 e. The van der Waals surface area contributed by atoms with E-state index in [1.807, 2.05) is 48.5 Å². The molecule has 0 saturated carbocycles. The number of carbonyl (C=O) groups excluding carboxylic acids is 1. The zero-order chi connectivity index (χ0) is 27.4. The largest absolute Gasteiger partial charge is 0.493 e. The summed E-state index contributed by atoms with van der Waals surface area (Å²) in [5.41, 5.74) is 2.13. The molecule has 12 heteroatoms. The number of methoxy groups -OCH3 is 2. The number of aliphatic carboxylic acids is 1. The maximum Gasteiger partial charge on any atom is 0.490 e. The van der Waals surface area contributed by atoms with Gasteiger partial charge < -0.3 is 25.2 Å². The molecule has 194 valence electrons. The minimum absolute atomic E-state index is 0.206. The van der Waals surface area contributed by atoms with Gasteiger partial charge in [-0.15, -0.1) is 0 Å². The third kappa shape index (κ3) is 8.74. The molecule has 1 heterocycles. The summed E-state index contributed by atoms with van der Waals surface area (Å²) in [6.07, 6.45) is -3.62.